The highest BCUT2D eigenvalue weighted by molar-refractivity contribution is 5.90. The molecule has 0 aliphatic heterocycles. The number of halogens is 2. The molecule has 1 fully saturated rings. The van der Waals surface area contributed by atoms with Gasteiger partial charge in [0.1, 0.15) is 18.0 Å². The molecule has 2 aromatic rings. The first-order chi connectivity index (χ1) is 10.5. The molecule has 3 N–H and O–H groups in total. The second-order valence-corrected chi connectivity index (χ2v) is 5.34. The molecule has 1 atom stereocenters. The summed E-state index contributed by atoms with van der Waals surface area (Å²) in [7, 11) is 0. The van der Waals surface area contributed by atoms with Crippen LogP contribution in [-0.4, -0.2) is 32.3 Å². The third-order valence-corrected chi connectivity index (χ3v) is 3.84. The molecule has 0 bridgehead atoms. The van der Waals surface area contributed by atoms with E-state index in [0.717, 1.165) is 12.1 Å². The van der Waals surface area contributed by atoms with E-state index in [1.165, 1.54) is 12.4 Å². The van der Waals surface area contributed by atoms with Gasteiger partial charge < -0.3 is 10.4 Å². The zero-order valence-corrected chi connectivity index (χ0v) is 11.5. The van der Waals surface area contributed by atoms with Crippen molar-refractivity contribution in [1.82, 2.24) is 20.5 Å². The van der Waals surface area contributed by atoms with Crippen LogP contribution in [0.1, 0.15) is 35.1 Å². The van der Waals surface area contributed by atoms with Gasteiger partial charge in [0.2, 0.25) is 5.82 Å². The molecule has 1 aromatic heterocycles. The Bertz CT molecular complexity index is 671. The predicted molar refractivity (Wildman–Crippen MR) is 71.7 cm³/mol. The van der Waals surface area contributed by atoms with Crippen LogP contribution in [0.25, 0.3) is 0 Å². The third-order valence-electron chi connectivity index (χ3n) is 3.84. The van der Waals surface area contributed by atoms with Crippen LogP contribution in [0.4, 0.5) is 8.78 Å². The fourth-order valence-electron chi connectivity index (χ4n) is 2.63. The lowest BCUT2D eigenvalue weighted by atomic mass is 9.75. The normalized spacial score (nSPS) is 22.0. The largest absolute Gasteiger partial charge is 0.393 e. The predicted octanol–water partition coefficient (Wildman–Crippen LogP) is 1.32. The zero-order chi connectivity index (χ0) is 15.7. The molecule has 3 rings (SSSR count). The van der Waals surface area contributed by atoms with Gasteiger partial charge >= 0.3 is 0 Å². The van der Waals surface area contributed by atoms with Gasteiger partial charge in [0, 0.05) is 11.6 Å². The highest BCUT2D eigenvalue weighted by atomic mass is 19.1. The first-order valence-electron chi connectivity index (χ1n) is 6.84. The number of hydrogen-bond donors (Lipinski definition) is 3. The van der Waals surface area contributed by atoms with Crippen LogP contribution in [0, 0.1) is 17.6 Å². The van der Waals surface area contributed by atoms with Gasteiger partial charge in [-0.3, -0.25) is 9.89 Å². The van der Waals surface area contributed by atoms with Gasteiger partial charge in [-0.15, -0.1) is 0 Å². The molecule has 1 saturated carbocycles. The van der Waals surface area contributed by atoms with Crippen molar-refractivity contribution in [3.8, 4) is 0 Å². The van der Waals surface area contributed by atoms with Gasteiger partial charge in [0.15, 0.2) is 0 Å². The molecule has 8 heteroatoms. The van der Waals surface area contributed by atoms with Crippen molar-refractivity contribution < 1.29 is 18.7 Å². The highest BCUT2D eigenvalue weighted by Crippen LogP contribution is 2.39. The van der Waals surface area contributed by atoms with Crippen LogP contribution in [0.15, 0.2) is 24.5 Å². The summed E-state index contributed by atoms with van der Waals surface area (Å²) >= 11 is 0. The standard InChI is InChI=1S/C14H14F2N4O2/c15-8-1-2-10(11(16)5-8)12(7-3-9(21)4-7)19-14(22)13-17-6-18-20-13/h1-2,5-7,9,12,21H,3-4H2,(H,19,22)(H,17,18,20)/t7?,9?,12-/m1/s1. The Balaban J connectivity index is 1.85. The van der Waals surface area contributed by atoms with E-state index in [4.69, 9.17) is 0 Å². The minimum Gasteiger partial charge on any atom is -0.393 e. The molecule has 0 spiro atoms. The van der Waals surface area contributed by atoms with E-state index in [1.807, 2.05) is 0 Å². The van der Waals surface area contributed by atoms with Crippen molar-refractivity contribution in [2.24, 2.45) is 5.92 Å². The topological polar surface area (TPSA) is 90.9 Å². The number of carbonyl (C=O) groups is 1. The van der Waals surface area contributed by atoms with Crippen LogP contribution in [0.2, 0.25) is 0 Å². The molecular weight excluding hydrogens is 294 g/mol. The van der Waals surface area contributed by atoms with Gasteiger partial charge in [-0.2, -0.15) is 5.10 Å². The quantitative estimate of drug-likeness (QED) is 0.794. The summed E-state index contributed by atoms with van der Waals surface area (Å²) in [6.07, 6.45) is 1.62. The van der Waals surface area contributed by atoms with Gasteiger partial charge in [0.25, 0.3) is 5.91 Å². The van der Waals surface area contributed by atoms with Crippen molar-refractivity contribution in [3.05, 3.63) is 47.5 Å². The molecule has 6 nitrogen and oxygen atoms in total. The molecule has 1 aliphatic rings. The number of H-pyrrole nitrogens is 1. The molecule has 1 aromatic carbocycles. The van der Waals surface area contributed by atoms with Crippen molar-refractivity contribution in [2.45, 2.75) is 25.0 Å². The van der Waals surface area contributed by atoms with Crippen molar-refractivity contribution >= 4 is 5.91 Å². The molecule has 116 valence electrons. The second-order valence-electron chi connectivity index (χ2n) is 5.34. The maximum absolute atomic E-state index is 14.0. The number of nitrogens with one attached hydrogen (secondary N) is 2. The molecule has 1 heterocycles. The van der Waals surface area contributed by atoms with E-state index < -0.39 is 29.7 Å². The molecule has 1 aliphatic carbocycles. The fourth-order valence-corrected chi connectivity index (χ4v) is 2.63. The van der Waals surface area contributed by atoms with E-state index in [0.29, 0.717) is 12.8 Å². The second kappa shape index (κ2) is 5.80. The molecule has 0 radical (unpaired) electrons. The number of benzene rings is 1. The third kappa shape index (κ3) is 2.82. The Hall–Kier alpha value is -2.35. The summed E-state index contributed by atoms with van der Waals surface area (Å²) in [6.45, 7) is 0. The Morgan fingerprint density at radius 1 is 1.41 bits per heavy atom. The van der Waals surface area contributed by atoms with Crippen LogP contribution in [0.3, 0.4) is 0 Å². The smallest absolute Gasteiger partial charge is 0.289 e. The molecule has 1 amide bonds. The lowest BCUT2D eigenvalue weighted by Crippen LogP contribution is -2.42. The van der Waals surface area contributed by atoms with Crippen molar-refractivity contribution in [2.75, 3.05) is 0 Å². The zero-order valence-electron chi connectivity index (χ0n) is 11.5. The number of aliphatic hydroxyl groups excluding tert-OH is 1. The number of carbonyl (C=O) groups excluding carboxylic acids is 1. The Morgan fingerprint density at radius 3 is 2.77 bits per heavy atom. The number of amides is 1. The number of aromatic amines is 1. The molecular formula is C14H14F2N4O2. The summed E-state index contributed by atoms with van der Waals surface area (Å²) in [6, 6.07) is 2.56. The van der Waals surface area contributed by atoms with Crippen molar-refractivity contribution in [3.63, 3.8) is 0 Å². The van der Waals surface area contributed by atoms with E-state index in [2.05, 4.69) is 20.5 Å². The number of hydrogen-bond acceptors (Lipinski definition) is 4. The summed E-state index contributed by atoms with van der Waals surface area (Å²) < 4.78 is 27.1. The monoisotopic (exact) mass is 308 g/mol. The van der Waals surface area contributed by atoms with Gasteiger partial charge in [0.05, 0.1) is 12.1 Å². The number of aliphatic hydroxyl groups is 1. The lowest BCUT2D eigenvalue weighted by Gasteiger charge is -2.38. The summed E-state index contributed by atoms with van der Waals surface area (Å²) in [5, 5.41) is 18.1. The average molecular weight is 308 g/mol. The van der Waals surface area contributed by atoms with E-state index in [1.54, 1.807) is 0 Å². The Kier molecular flexibility index (Phi) is 3.84. The highest BCUT2D eigenvalue weighted by Gasteiger charge is 2.37. The van der Waals surface area contributed by atoms with E-state index in [9.17, 15) is 18.7 Å². The summed E-state index contributed by atoms with van der Waals surface area (Å²) in [5.41, 5.74) is 0.186. The molecule has 0 unspecified atom stereocenters. The Morgan fingerprint density at radius 2 is 2.18 bits per heavy atom. The van der Waals surface area contributed by atoms with E-state index in [-0.39, 0.29) is 17.3 Å². The van der Waals surface area contributed by atoms with Crippen LogP contribution < -0.4 is 5.32 Å². The summed E-state index contributed by atoms with van der Waals surface area (Å²) in [4.78, 5) is 15.8. The number of aromatic nitrogens is 3. The number of rotatable bonds is 4. The van der Waals surface area contributed by atoms with Gasteiger partial charge in [-0.1, -0.05) is 6.07 Å². The molecule has 0 saturated heterocycles. The first kappa shape index (κ1) is 14.6. The maximum atomic E-state index is 14.0. The summed E-state index contributed by atoms with van der Waals surface area (Å²) in [5.74, 6) is -2.07. The van der Waals surface area contributed by atoms with E-state index >= 15 is 0 Å². The minimum absolute atomic E-state index is 0.00684. The Labute approximate surface area is 124 Å². The van der Waals surface area contributed by atoms with Crippen LogP contribution in [-0.2, 0) is 0 Å². The van der Waals surface area contributed by atoms with Crippen LogP contribution >= 0.6 is 0 Å². The SMILES string of the molecule is O=C(N[C@@H](c1ccc(F)cc1F)C1CC(O)C1)c1ncn[nH]1. The van der Waals surface area contributed by atoms with Crippen LogP contribution in [0.5, 0.6) is 0 Å². The minimum atomic E-state index is -0.732. The average Bonchev–Trinajstić information content (AvgIpc) is 2.96. The van der Waals surface area contributed by atoms with Gasteiger partial charge in [-0.05, 0) is 24.8 Å². The number of nitrogens with zero attached hydrogens (tertiary/aromatic N) is 2. The van der Waals surface area contributed by atoms with Crippen molar-refractivity contribution in [1.29, 1.82) is 0 Å². The lowest BCUT2D eigenvalue weighted by molar-refractivity contribution is 0.0228. The van der Waals surface area contributed by atoms with Gasteiger partial charge in [-0.25, -0.2) is 13.8 Å². The first-order valence-corrected chi connectivity index (χ1v) is 6.84. The fraction of sp³-hybridized carbons (Fsp3) is 0.357. The maximum Gasteiger partial charge on any atom is 0.289 e. The molecule has 22 heavy (non-hydrogen) atoms.